The molecule has 0 aliphatic heterocycles. The third kappa shape index (κ3) is 4.21. The number of nitrogens with zero attached hydrogens (tertiary/aromatic N) is 1. The minimum Gasteiger partial charge on any atom is -0.395 e. The van der Waals surface area contributed by atoms with Gasteiger partial charge in [0.25, 0.3) is 5.91 Å². The zero-order chi connectivity index (χ0) is 13.5. The Morgan fingerprint density at radius 1 is 1.44 bits per heavy atom. The normalized spacial score (nSPS) is 9.83. The number of aryl methyl sites for hydroxylation is 1. The monoisotopic (exact) mass is 246 g/mol. The van der Waals surface area contributed by atoms with Crippen LogP contribution in [0.1, 0.15) is 27.9 Å². The fourth-order valence-corrected chi connectivity index (χ4v) is 1.43. The Morgan fingerprint density at radius 2 is 2.17 bits per heavy atom. The molecule has 0 unspecified atom stereocenters. The lowest BCUT2D eigenvalue weighted by Crippen LogP contribution is -2.36. The molecule has 4 nitrogen and oxygen atoms in total. The summed E-state index contributed by atoms with van der Waals surface area (Å²) in [6.07, 6.45) is 0.461. The maximum Gasteiger partial charge on any atom is 0.265 e. The molecule has 1 rings (SSSR count). The molecular weight excluding hydrogens is 228 g/mol. The number of hydrogen-bond donors (Lipinski definition) is 2. The number of carbonyl (C=O) groups excluding carboxylic acids is 1. The second-order valence-corrected chi connectivity index (χ2v) is 4.14. The molecule has 96 valence electrons. The van der Waals surface area contributed by atoms with Gasteiger partial charge in [-0.3, -0.25) is 10.2 Å². The largest absolute Gasteiger partial charge is 0.395 e. The molecule has 0 saturated heterocycles. The van der Waals surface area contributed by atoms with Crippen molar-refractivity contribution in [3.05, 3.63) is 34.9 Å². The summed E-state index contributed by atoms with van der Waals surface area (Å²) in [4.78, 5) is 11.8. The average molecular weight is 246 g/mol. The number of rotatable bonds is 3. The van der Waals surface area contributed by atoms with Crippen LogP contribution in [0.25, 0.3) is 0 Å². The van der Waals surface area contributed by atoms with Gasteiger partial charge in [-0.15, -0.1) is 0 Å². The first kappa shape index (κ1) is 14.2. The molecule has 0 spiro atoms. The average Bonchev–Trinajstić information content (AvgIpc) is 2.30. The van der Waals surface area contributed by atoms with Gasteiger partial charge in [0, 0.05) is 31.6 Å². The molecule has 18 heavy (non-hydrogen) atoms. The van der Waals surface area contributed by atoms with Gasteiger partial charge in [-0.05, 0) is 30.7 Å². The fourth-order valence-electron chi connectivity index (χ4n) is 1.43. The smallest absolute Gasteiger partial charge is 0.265 e. The van der Waals surface area contributed by atoms with E-state index in [9.17, 15) is 4.79 Å². The maximum absolute atomic E-state index is 11.8. The van der Waals surface area contributed by atoms with Crippen LogP contribution in [0.5, 0.6) is 0 Å². The summed E-state index contributed by atoms with van der Waals surface area (Å²) in [7, 11) is 3.53. The van der Waals surface area contributed by atoms with Gasteiger partial charge in [0.1, 0.15) is 0 Å². The van der Waals surface area contributed by atoms with E-state index in [4.69, 9.17) is 5.11 Å². The molecule has 1 aromatic rings. The second kappa shape index (κ2) is 6.80. The van der Waals surface area contributed by atoms with Crippen LogP contribution in [0.4, 0.5) is 0 Å². The molecule has 0 saturated carbocycles. The van der Waals surface area contributed by atoms with Crippen molar-refractivity contribution >= 4 is 5.91 Å². The summed E-state index contributed by atoms with van der Waals surface area (Å²) >= 11 is 0. The van der Waals surface area contributed by atoms with E-state index in [-0.39, 0.29) is 12.5 Å². The van der Waals surface area contributed by atoms with Crippen LogP contribution in [-0.4, -0.2) is 36.7 Å². The van der Waals surface area contributed by atoms with Crippen LogP contribution < -0.4 is 5.43 Å². The van der Waals surface area contributed by atoms with E-state index < -0.39 is 0 Å². The molecule has 0 atom stereocenters. The summed E-state index contributed by atoms with van der Waals surface area (Å²) < 4.78 is 0. The van der Waals surface area contributed by atoms with E-state index in [0.717, 1.165) is 11.1 Å². The van der Waals surface area contributed by atoms with E-state index in [1.54, 1.807) is 25.2 Å². The number of nitrogens with one attached hydrogen (secondary N) is 1. The molecule has 0 bridgehead atoms. The highest BCUT2D eigenvalue weighted by Gasteiger charge is 2.07. The van der Waals surface area contributed by atoms with Crippen LogP contribution in [0.3, 0.4) is 0 Å². The van der Waals surface area contributed by atoms with E-state index in [0.29, 0.717) is 12.0 Å². The fraction of sp³-hybridized carbons (Fsp3) is 0.357. The van der Waals surface area contributed by atoms with Crippen LogP contribution in [-0.2, 0) is 0 Å². The number of amides is 1. The molecule has 4 heteroatoms. The topological polar surface area (TPSA) is 52.6 Å². The maximum atomic E-state index is 11.8. The first-order valence-electron chi connectivity index (χ1n) is 5.73. The quantitative estimate of drug-likeness (QED) is 0.616. The Hall–Kier alpha value is -1.83. The van der Waals surface area contributed by atoms with Gasteiger partial charge in [0.2, 0.25) is 0 Å². The van der Waals surface area contributed by atoms with Crippen molar-refractivity contribution in [1.82, 2.24) is 10.4 Å². The van der Waals surface area contributed by atoms with Crippen LogP contribution in [0.15, 0.2) is 18.2 Å². The van der Waals surface area contributed by atoms with Crippen molar-refractivity contribution in [1.29, 1.82) is 0 Å². The number of aliphatic hydroxyl groups is 1. The molecule has 2 N–H and O–H groups in total. The van der Waals surface area contributed by atoms with Crippen LogP contribution in [0.2, 0.25) is 0 Å². The molecule has 0 aromatic heterocycles. The zero-order valence-electron chi connectivity index (χ0n) is 10.9. The minimum absolute atomic E-state index is 0.0649. The second-order valence-electron chi connectivity index (χ2n) is 4.14. The SMILES string of the molecule is Cc1cc(C(=O)NN(C)C)ccc1C#CCCO. The highest BCUT2D eigenvalue weighted by atomic mass is 16.2. The summed E-state index contributed by atoms with van der Waals surface area (Å²) in [5.41, 5.74) is 5.12. The summed E-state index contributed by atoms with van der Waals surface area (Å²) in [5, 5.41) is 10.3. The Morgan fingerprint density at radius 3 is 2.72 bits per heavy atom. The van der Waals surface area contributed by atoms with Crippen molar-refractivity contribution in [2.45, 2.75) is 13.3 Å². The van der Waals surface area contributed by atoms with Crippen molar-refractivity contribution in [3.63, 3.8) is 0 Å². The zero-order valence-corrected chi connectivity index (χ0v) is 10.9. The number of hydrogen-bond acceptors (Lipinski definition) is 3. The van der Waals surface area contributed by atoms with Crippen molar-refractivity contribution < 1.29 is 9.90 Å². The van der Waals surface area contributed by atoms with E-state index in [1.165, 1.54) is 0 Å². The minimum atomic E-state index is -0.141. The van der Waals surface area contributed by atoms with Gasteiger partial charge in [0.05, 0.1) is 6.61 Å². The van der Waals surface area contributed by atoms with Gasteiger partial charge in [-0.2, -0.15) is 0 Å². The van der Waals surface area contributed by atoms with Gasteiger partial charge in [-0.25, -0.2) is 5.01 Å². The van der Waals surface area contributed by atoms with Gasteiger partial charge >= 0.3 is 0 Å². The summed E-state index contributed by atoms with van der Waals surface area (Å²) in [6.45, 7) is 1.98. The van der Waals surface area contributed by atoms with E-state index >= 15 is 0 Å². The van der Waals surface area contributed by atoms with Crippen LogP contribution in [0, 0.1) is 18.8 Å². The number of hydrazine groups is 1. The predicted octanol–water partition coefficient (Wildman–Crippen LogP) is 0.935. The Bertz CT molecular complexity index is 484. The lowest BCUT2D eigenvalue weighted by atomic mass is 10.0. The number of benzene rings is 1. The van der Waals surface area contributed by atoms with Gasteiger partial charge < -0.3 is 5.11 Å². The Kier molecular flexibility index (Phi) is 5.37. The summed E-state index contributed by atoms with van der Waals surface area (Å²) in [5.74, 6) is 5.69. The Labute approximate surface area is 108 Å². The molecule has 0 aliphatic rings. The number of carbonyl (C=O) groups is 1. The lowest BCUT2D eigenvalue weighted by Gasteiger charge is -2.12. The molecule has 0 heterocycles. The highest BCUT2D eigenvalue weighted by molar-refractivity contribution is 5.94. The summed E-state index contributed by atoms with van der Waals surface area (Å²) in [6, 6.07) is 5.38. The molecule has 1 aromatic carbocycles. The van der Waals surface area contributed by atoms with Crippen molar-refractivity contribution in [2.24, 2.45) is 0 Å². The van der Waals surface area contributed by atoms with E-state index in [1.807, 2.05) is 19.1 Å². The lowest BCUT2D eigenvalue weighted by molar-refractivity contribution is 0.0857. The molecule has 0 radical (unpaired) electrons. The molecule has 0 aliphatic carbocycles. The van der Waals surface area contributed by atoms with Gasteiger partial charge in [0.15, 0.2) is 0 Å². The first-order valence-corrected chi connectivity index (χ1v) is 5.73. The molecular formula is C14H18N2O2. The molecule has 1 amide bonds. The first-order chi connectivity index (χ1) is 8.54. The Balaban J connectivity index is 2.86. The third-order valence-electron chi connectivity index (χ3n) is 2.27. The van der Waals surface area contributed by atoms with Crippen LogP contribution >= 0.6 is 0 Å². The van der Waals surface area contributed by atoms with Crippen molar-refractivity contribution in [3.8, 4) is 11.8 Å². The third-order valence-corrected chi connectivity index (χ3v) is 2.27. The standard InChI is InChI=1S/C14H18N2O2/c1-11-10-13(14(18)15-16(2)3)8-7-12(11)6-4-5-9-17/h7-8,10,17H,5,9H2,1-3H3,(H,15,18). The van der Waals surface area contributed by atoms with Gasteiger partial charge in [-0.1, -0.05) is 11.8 Å². The van der Waals surface area contributed by atoms with E-state index in [2.05, 4.69) is 17.3 Å². The van der Waals surface area contributed by atoms with Crippen molar-refractivity contribution in [2.75, 3.05) is 20.7 Å². The number of aliphatic hydroxyl groups excluding tert-OH is 1. The highest BCUT2D eigenvalue weighted by Crippen LogP contribution is 2.10. The molecule has 0 fully saturated rings. The predicted molar refractivity (Wildman–Crippen MR) is 70.9 cm³/mol.